The summed E-state index contributed by atoms with van der Waals surface area (Å²) in [6.45, 7) is 12.7. The minimum absolute atomic E-state index is 0.0303. The molecule has 0 bridgehead atoms. The Morgan fingerprint density at radius 3 is 2.48 bits per heavy atom. The number of carbonyl (C=O) groups excluding carboxylic acids is 2. The van der Waals surface area contributed by atoms with Crippen LogP contribution >= 0.6 is 11.3 Å². The van der Waals surface area contributed by atoms with Crippen LogP contribution in [0.2, 0.25) is 0 Å². The second-order valence-electron chi connectivity index (χ2n) is 7.72. The van der Waals surface area contributed by atoms with Gasteiger partial charge < -0.3 is 10.2 Å². The van der Waals surface area contributed by atoms with Crippen LogP contribution in [-0.2, 0) is 15.0 Å². The van der Waals surface area contributed by atoms with Gasteiger partial charge in [0, 0.05) is 23.9 Å². The summed E-state index contributed by atoms with van der Waals surface area (Å²) < 4.78 is 0. The predicted molar refractivity (Wildman–Crippen MR) is 91.4 cm³/mol. The van der Waals surface area contributed by atoms with E-state index in [-0.39, 0.29) is 35.1 Å². The third-order valence-corrected chi connectivity index (χ3v) is 5.63. The highest BCUT2D eigenvalue weighted by Crippen LogP contribution is 2.32. The Bertz CT molecular complexity index is 603. The van der Waals surface area contributed by atoms with Gasteiger partial charge in [0.15, 0.2) is 0 Å². The first-order valence-electron chi connectivity index (χ1n) is 8.00. The molecule has 1 aromatic rings. The molecule has 0 radical (unpaired) electrons. The molecule has 7 heteroatoms. The summed E-state index contributed by atoms with van der Waals surface area (Å²) in [5.41, 5.74) is -0.305. The van der Waals surface area contributed by atoms with Crippen molar-refractivity contribution in [1.29, 1.82) is 0 Å². The molecule has 1 N–H and O–H groups in total. The Labute approximate surface area is 141 Å². The number of likely N-dealkylation sites (tertiary alicyclic amines) is 1. The number of hydrogen-bond donors (Lipinski definition) is 1. The quantitative estimate of drug-likeness (QED) is 0.916. The number of aromatic nitrogens is 2. The zero-order valence-electron chi connectivity index (χ0n) is 14.8. The van der Waals surface area contributed by atoms with Gasteiger partial charge in [0.05, 0.1) is 5.92 Å². The Hall–Kier alpha value is -1.50. The average molecular weight is 338 g/mol. The van der Waals surface area contributed by atoms with Gasteiger partial charge in [0.2, 0.25) is 16.9 Å². The lowest BCUT2D eigenvalue weighted by Gasteiger charge is -2.31. The van der Waals surface area contributed by atoms with Crippen LogP contribution in [0.5, 0.6) is 0 Å². The molecule has 2 amide bonds. The number of nitrogens with zero attached hydrogens (tertiary/aromatic N) is 3. The van der Waals surface area contributed by atoms with Gasteiger partial charge in [0.25, 0.3) is 0 Å². The molecule has 2 heterocycles. The van der Waals surface area contributed by atoms with Crippen LogP contribution in [0.25, 0.3) is 0 Å². The van der Waals surface area contributed by atoms with E-state index in [4.69, 9.17) is 0 Å². The lowest BCUT2D eigenvalue weighted by molar-refractivity contribution is -0.131. The van der Waals surface area contributed by atoms with Gasteiger partial charge >= 0.3 is 0 Å². The minimum Gasteiger partial charge on any atom is -0.337 e. The van der Waals surface area contributed by atoms with Gasteiger partial charge in [-0.3, -0.25) is 9.59 Å². The van der Waals surface area contributed by atoms with Gasteiger partial charge in [-0.25, -0.2) is 0 Å². The molecule has 1 fully saturated rings. The first kappa shape index (κ1) is 17.8. The van der Waals surface area contributed by atoms with Crippen molar-refractivity contribution in [3.63, 3.8) is 0 Å². The molecule has 1 atom stereocenters. The maximum atomic E-state index is 12.4. The first-order chi connectivity index (χ1) is 10.5. The van der Waals surface area contributed by atoms with E-state index >= 15 is 0 Å². The Balaban J connectivity index is 2.02. The first-order valence-corrected chi connectivity index (χ1v) is 8.81. The van der Waals surface area contributed by atoms with Crippen molar-refractivity contribution in [2.45, 2.75) is 65.3 Å². The third-order valence-electron chi connectivity index (χ3n) is 4.42. The number of amides is 2. The van der Waals surface area contributed by atoms with E-state index in [0.29, 0.717) is 11.7 Å². The van der Waals surface area contributed by atoms with E-state index in [1.54, 1.807) is 4.90 Å². The van der Waals surface area contributed by atoms with Crippen molar-refractivity contribution < 1.29 is 9.59 Å². The van der Waals surface area contributed by atoms with Crippen molar-refractivity contribution in [3.8, 4) is 0 Å². The molecule has 2 rings (SSSR count). The molecule has 1 aromatic heterocycles. The van der Waals surface area contributed by atoms with Gasteiger partial charge in [-0.2, -0.15) is 0 Å². The molecule has 0 spiro atoms. The average Bonchev–Trinajstić information content (AvgIpc) is 3.05. The van der Waals surface area contributed by atoms with E-state index in [1.807, 2.05) is 20.8 Å². The Morgan fingerprint density at radius 1 is 1.30 bits per heavy atom. The molecule has 1 saturated heterocycles. The van der Waals surface area contributed by atoms with Crippen molar-refractivity contribution in [1.82, 2.24) is 15.1 Å². The fourth-order valence-electron chi connectivity index (χ4n) is 2.44. The van der Waals surface area contributed by atoms with E-state index in [9.17, 15) is 9.59 Å². The fourth-order valence-corrected chi connectivity index (χ4v) is 3.36. The van der Waals surface area contributed by atoms with E-state index in [1.165, 1.54) is 11.3 Å². The van der Waals surface area contributed by atoms with Crippen LogP contribution in [-0.4, -0.2) is 39.0 Å². The van der Waals surface area contributed by atoms with Gasteiger partial charge in [0.1, 0.15) is 5.01 Å². The molecule has 0 aromatic carbocycles. The maximum absolute atomic E-state index is 12.4. The molecular formula is C16H26N4O2S. The van der Waals surface area contributed by atoms with Crippen LogP contribution in [0.3, 0.4) is 0 Å². The second kappa shape index (κ2) is 6.19. The lowest BCUT2D eigenvalue weighted by atomic mass is 9.91. The topological polar surface area (TPSA) is 75.2 Å². The molecule has 0 saturated carbocycles. The zero-order chi connectivity index (χ0) is 17.4. The SMILES string of the molecule is CCC(C)(C)c1nnc(NC(=O)[C@H]2CC(=O)N(C(C)(C)C)C2)s1. The lowest BCUT2D eigenvalue weighted by Crippen LogP contribution is -2.42. The van der Waals surface area contributed by atoms with Crippen LogP contribution in [0.4, 0.5) is 5.13 Å². The summed E-state index contributed by atoms with van der Waals surface area (Å²) in [6, 6.07) is 0. The maximum Gasteiger partial charge on any atom is 0.231 e. The molecular weight excluding hydrogens is 312 g/mol. The van der Waals surface area contributed by atoms with E-state index in [2.05, 4.69) is 36.3 Å². The Morgan fingerprint density at radius 2 is 1.96 bits per heavy atom. The van der Waals surface area contributed by atoms with Crippen LogP contribution in [0, 0.1) is 5.92 Å². The van der Waals surface area contributed by atoms with Crippen LogP contribution < -0.4 is 5.32 Å². The standard InChI is InChI=1S/C16H26N4O2S/c1-7-16(5,6)13-18-19-14(23-13)17-12(22)10-8-11(21)20(9-10)15(2,3)4/h10H,7-9H2,1-6H3,(H,17,19,22)/t10-/m0/s1. The van der Waals surface area contributed by atoms with Crippen LogP contribution in [0.15, 0.2) is 0 Å². The largest absolute Gasteiger partial charge is 0.337 e. The van der Waals surface area contributed by atoms with Crippen LogP contribution in [0.1, 0.15) is 59.4 Å². The summed E-state index contributed by atoms with van der Waals surface area (Å²) >= 11 is 1.41. The van der Waals surface area contributed by atoms with Gasteiger partial charge in [-0.1, -0.05) is 32.1 Å². The fraction of sp³-hybridized carbons (Fsp3) is 0.750. The highest BCUT2D eigenvalue weighted by Gasteiger charge is 2.39. The molecule has 0 aliphatic carbocycles. The van der Waals surface area contributed by atoms with Gasteiger partial charge in [-0.05, 0) is 27.2 Å². The number of anilines is 1. The number of rotatable bonds is 4. The van der Waals surface area contributed by atoms with Crippen molar-refractivity contribution in [2.24, 2.45) is 5.92 Å². The van der Waals surface area contributed by atoms with Gasteiger partial charge in [-0.15, -0.1) is 10.2 Å². The molecule has 128 valence electrons. The second-order valence-corrected chi connectivity index (χ2v) is 8.69. The summed E-state index contributed by atoms with van der Waals surface area (Å²) in [7, 11) is 0. The number of nitrogens with one attached hydrogen (secondary N) is 1. The highest BCUT2D eigenvalue weighted by molar-refractivity contribution is 7.15. The number of carbonyl (C=O) groups is 2. The summed E-state index contributed by atoms with van der Waals surface area (Å²) in [4.78, 5) is 26.3. The van der Waals surface area contributed by atoms with Crippen molar-refractivity contribution >= 4 is 28.3 Å². The zero-order valence-corrected chi connectivity index (χ0v) is 15.6. The summed E-state index contributed by atoms with van der Waals surface area (Å²) in [6.07, 6.45) is 1.21. The molecule has 23 heavy (non-hydrogen) atoms. The highest BCUT2D eigenvalue weighted by atomic mass is 32.1. The minimum atomic E-state index is -0.326. The normalized spacial score (nSPS) is 19.3. The molecule has 1 aliphatic rings. The summed E-state index contributed by atoms with van der Waals surface area (Å²) in [5, 5.41) is 12.5. The Kier molecular flexibility index (Phi) is 4.80. The number of hydrogen-bond acceptors (Lipinski definition) is 5. The van der Waals surface area contributed by atoms with Crippen molar-refractivity contribution in [2.75, 3.05) is 11.9 Å². The van der Waals surface area contributed by atoms with Crippen molar-refractivity contribution in [3.05, 3.63) is 5.01 Å². The summed E-state index contributed by atoms with van der Waals surface area (Å²) in [5.74, 6) is -0.446. The third kappa shape index (κ3) is 3.88. The molecule has 0 unspecified atom stereocenters. The predicted octanol–water partition coefficient (Wildman–Crippen LogP) is 2.81. The smallest absolute Gasteiger partial charge is 0.231 e. The molecule has 6 nitrogen and oxygen atoms in total. The van der Waals surface area contributed by atoms with E-state index < -0.39 is 0 Å². The monoisotopic (exact) mass is 338 g/mol. The van der Waals surface area contributed by atoms with E-state index in [0.717, 1.165) is 11.4 Å². The molecule has 1 aliphatic heterocycles.